The summed E-state index contributed by atoms with van der Waals surface area (Å²) < 4.78 is 36.6. The molecule has 0 bridgehead atoms. The number of aryl methyl sites for hydroxylation is 1. The molecule has 1 aromatic carbocycles. The van der Waals surface area contributed by atoms with Crippen LogP contribution in [0.25, 0.3) is 0 Å². The molecule has 0 radical (unpaired) electrons. The van der Waals surface area contributed by atoms with Gasteiger partial charge in [0.25, 0.3) is 0 Å². The van der Waals surface area contributed by atoms with Crippen LogP contribution in [0.5, 0.6) is 0 Å². The highest BCUT2D eigenvalue weighted by Crippen LogP contribution is 2.23. The van der Waals surface area contributed by atoms with Gasteiger partial charge in [0, 0.05) is 38.4 Å². The van der Waals surface area contributed by atoms with Crippen LogP contribution in [0.15, 0.2) is 24.3 Å². The molecule has 1 unspecified atom stereocenters. The number of nitrogens with zero attached hydrogens (tertiary/aromatic N) is 2. The van der Waals surface area contributed by atoms with E-state index in [1.54, 1.807) is 0 Å². The summed E-state index contributed by atoms with van der Waals surface area (Å²) in [5, 5.41) is 9.49. The van der Waals surface area contributed by atoms with Gasteiger partial charge < -0.3 is 10.0 Å². The first kappa shape index (κ1) is 16.1. The number of benzene rings is 1. The van der Waals surface area contributed by atoms with Crippen molar-refractivity contribution < 1.29 is 18.3 Å². The first-order valence-corrected chi connectivity index (χ1v) is 7.13. The predicted octanol–water partition coefficient (Wildman–Crippen LogP) is 2.43. The molecule has 0 amide bonds. The van der Waals surface area contributed by atoms with E-state index in [4.69, 9.17) is 0 Å². The molecule has 1 aromatic rings. The van der Waals surface area contributed by atoms with Crippen LogP contribution in [-0.4, -0.2) is 55.0 Å². The van der Waals surface area contributed by atoms with Crippen molar-refractivity contribution in [3.63, 3.8) is 0 Å². The number of anilines is 1. The number of aliphatic hydroxyl groups excluding tert-OH is 1. The maximum absolute atomic E-state index is 12.2. The van der Waals surface area contributed by atoms with Gasteiger partial charge in [0.05, 0.1) is 12.5 Å². The van der Waals surface area contributed by atoms with Crippen LogP contribution in [0.3, 0.4) is 0 Å². The zero-order valence-electron chi connectivity index (χ0n) is 12.1. The van der Waals surface area contributed by atoms with Crippen molar-refractivity contribution in [2.45, 2.75) is 25.6 Å². The Bertz CT molecular complexity index is 456. The number of hydrogen-bond donors (Lipinski definition) is 1. The van der Waals surface area contributed by atoms with Crippen LogP contribution in [-0.2, 0) is 0 Å². The minimum Gasteiger partial charge on any atom is -0.391 e. The Balaban J connectivity index is 1.82. The van der Waals surface area contributed by atoms with Crippen LogP contribution in [0.2, 0.25) is 0 Å². The van der Waals surface area contributed by atoms with E-state index in [9.17, 15) is 18.3 Å². The van der Waals surface area contributed by atoms with Gasteiger partial charge in [-0.2, -0.15) is 13.2 Å². The monoisotopic (exact) mass is 302 g/mol. The molecule has 0 spiro atoms. The summed E-state index contributed by atoms with van der Waals surface area (Å²) in [5.74, 6) is 0. The molecule has 0 saturated carbocycles. The standard InChI is InChI=1S/C15H21F3N2O/c1-12-4-2-3-5-14(12)20-8-6-19(7-9-20)11-13(21)10-15(16,17)18/h2-5,13,21H,6-11H2,1H3. The molecule has 1 N–H and O–H groups in total. The summed E-state index contributed by atoms with van der Waals surface area (Å²) in [7, 11) is 0. The first-order valence-electron chi connectivity index (χ1n) is 7.13. The Hall–Kier alpha value is -1.27. The molecule has 21 heavy (non-hydrogen) atoms. The Kier molecular flexibility index (Phi) is 5.11. The van der Waals surface area contributed by atoms with E-state index in [0.29, 0.717) is 13.1 Å². The van der Waals surface area contributed by atoms with Crippen molar-refractivity contribution in [3.8, 4) is 0 Å². The average molecular weight is 302 g/mol. The number of β-amino-alcohol motifs (C(OH)–C–C–N with tert-alkyl or cyclic N) is 1. The number of hydrogen-bond acceptors (Lipinski definition) is 3. The molecule has 2 rings (SSSR count). The quantitative estimate of drug-likeness (QED) is 0.925. The summed E-state index contributed by atoms with van der Waals surface area (Å²) in [6.45, 7) is 5.01. The minimum atomic E-state index is -4.30. The lowest BCUT2D eigenvalue weighted by molar-refractivity contribution is -0.155. The van der Waals surface area contributed by atoms with Crippen molar-refractivity contribution in [3.05, 3.63) is 29.8 Å². The molecule has 3 nitrogen and oxygen atoms in total. The lowest BCUT2D eigenvalue weighted by Crippen LogP contribution is -2.49. The maximum Gasteiger partial charge on any atom is 0.391 e. The largest absolute Gasteiger partial charge is 0.391 e. The second-order valence-electron chi connectivity index (χ2n) is 5.55. The first-order chi connectivity index (χ1) is 9.85. The van der Waals surface area contributed by atoms with E-state index in [2.05, 4.69) is 24.0 Å². The van der Waals surface area contributed by atoms with Crippen molar-refractivity contribution in [1.29, 1.82) is 0 Å². The number of rotatable bonds is 4. The third-order valence-corrected chi connectivity index (χ3v) is 3.76. The topological polar surface area (TPSA) is 26.7 Å². The number of aliphatic hydroxyl groups is 1. The van der Waals surface area contributed by atoms with Gasteiger partial charge in [-0.25, -0.2) is 0 Å². The molecule has 118 valence electrons. The zero-order chi connectivity index (χ0) is 15.5. The third kappa shape index (κ3) is 4.89. The zero-order valence-corrected chi connectivity index (χ0v) is 12.1. The summed E-state index contributed by atoms with van der Waals surface area (Å²) >= 11 is 0. The molecule has 6 heteroatoms. The number of piperazine rings is 1. The maximum atomic E-state index is 12.2. The van der Waals surface area contributed by atoms with E-state index in [1.807, 2.05) is 17.0 Å². The molecule has 1 saturated heterocycles. The fourth-order valence-electron chi connectivity index (χ4n) is 2.72. The second-order valence-corrected chi connectivity index (χ2v) is 5.55. The lowest BCUT2D eigenvalue weighted by atomic mass is 10.1. The Morgan fingerprint density at radius 1 is 1.14 bits per heavy atom. The predicted molar refractivity (Wildman–Crippen MR) is 76.5 cm³/mol. The van der Waals surface area contributed by atoms with Gasteiger partial charge in [-0.15, -0.1) is 0 Å². The molecule has 1 fully saturated rings. The Morgan fingerprint density at radius 2 is 1.76 bits per heavy atom. The SMILES string of the molecule is Cc1ccccc1N1CCN(CC(O)CC(F)(F)F)CC1. The van der Waals surface area contributed by atoms with Crippen molar-refractivity contribution in [1.82, 2.24) is 4.90 Å². The normalized spacial score (nSPS) is 18.8. The molecule has 1 heterocycles. The number of halogens is 3. The van der Waals surface area contributed by atoms with Crippen molar-refractivity contribution >= 4 is 5.69 Å². The van der Waals surface area contributed by atoms with Crippen LogP contribution in [0.1, 0.15) is 12.0 Å². The molecular formula is C15H21F3N2O. The van der Waals surface area contributed by atoms with Crippen molar-refractivity contribution in [2.24, 2.45) is 0 Å². The fraction of sp³-hybridized carbons (Fsp3) is 0.600. The summed E-state index contributed by atoms with van der Waals surface area (Å²) in [4.78, 5) is 4.13. The lowest BCUT2D eigenvalue weighted by Gasteiger charge is -2.37. The average Bonchev–Trinajstić information content (AvgIpc) is 2.38. The fourth-order valence-corrected chi connectivity index (χ4v) is 2.72. The summed E-state index contributed by atoms with van der Waals surface area (Å²) in [6, 6.07) is 8.09. The van der Waals surface area contributed by atoms with Gasteiger partial charge in [0.2, 0.25) is 0 Å². The molecular weight excluding hydrogens is 281 g/mol. The smallest absolute Gasteiger partial charge is 0.391 e. The summed E-state index contributed by atoms with van der Waals surface area (Å²) in [6.07, 6.45) is -6.78. The molecule has 0 aliphatic carbocycles. The van der Waals surface area contributed by atoms with Gasteiger partial charge in [-0.3, -0.25) is 4.90 Å². The third-order valence-electron chi connectivity index (χ3n) is 3.76. The van der Waals surface area contributed by atoms with Crippen LogP contribution in [0.4, 0.5) is 18.9 Å². The van der Waals surface area contributed by atoms with E-state index < -0.39 is 18.7 Å². The van der Waals surface area contributed by atoms with Crippen molar-refractivity contribution in [2.75, 3.05) is 37.6 Å². The Labute approximate surface area is 123 Å². The highest BCUT2D eigenvalue weighted by molar-refractivity contribution is 5.53. The molecule has 1 aliphatic heterocycles. The highest BCUT2D eigenvalue weighted by Gasteiger charge is 2.32. The molecule has 0 aromatic heterocycles. The second kappa shape index (κ2) is 6.66. The van der Waals surface area contributed by atoms with E-state index in [1.165, 1.54) is 11.3 Å². The van der Waals surface area contributed by atoms with Crippen LogP contribution in [0, 0.1) is 6.92 Å². The Morgan fingerprint density at radius 3 is 2.33 bits per heavy atom. The highest BCUT2D eigenvalue weighted by atomic mass is 19.4. The molecule has 1 atom stereocenters. The minimum absolute atomic E-state index is 0.0844. The van der Waals surface area contributed by atoms with E-state index >= 15 is 0 Å². The number of alkyl halides is 3. The van der Waals surface area contributed by atoms with Gasteiger partial charge in [0.15, 0.2) is 0 Å². The van der Waals surface area contributed by atoms with Gasteiger partial charge in [-0.05, 0) is 18.6 Å². The van der Waals surface area contributed by atoms with Crippen LogP contribution < -0.4 is 4.90 Å². The summed E-state index contributed by atoms with van der Waals surface area (Å²) in [5.41, 5.74) is 2.37. The van der Waals surface area contributed by atoms with Gasteiger partial charge in [-0.1, -0.05) is 18.2 Å². The van der Waals surface area contributed by atoms with E-state index in [0.717, 1.165) is 13.1 Å². The van der Waals surface area contributed by atoms with Crippen LogP contribution >= 0.6 is 0 Å². The number of para-hydroxylation sites is 1. The van der Waals surface area contributed by atoms with E-state index in [-0.39, 0.29) is 6.54 Å². The van der Waals surface area contributed by atoms with Gasteiger partial charge in [0.1, 0.15) is 0 Å². The molecule has 1 aliphatic rings. The van der Waals surface area contributed by atoms with Gasteiger partial charge >= 0.3 is 6.18 Å².